The van der Waals surface area contributed by atoms with Crippen LogP contribution in [0.25, 0.3) is 0 Å². The van der Waals surface area contributed by atoms with Crippen LogP contribution in [0.5, 0.6) is 0 Å². The smallest absolute Gasteiger partial charge is 0.282 e. The number of rotatable bonds is 5. The van der Waals surface area contributed by atoms with Gasteiger partial charge in [0, 0.05) is 34.4 Å². The molecule has 1 saturated carbocycles. The van der Waals surface area contributed by atoms with Gasteiger partial charge in [-0.3, -0.25) is 20.2 Å². The molecular formula is C24H18Cl3N3O4S. The molecule has 3 aromatic carbocycles. The zero-order valence-corrected chi connectivity index (χ0v) is 21.0. The summed E-state index contributed by atoms with van der Waals surface area (Å²) in [5, 5.41) is 26.7. The molecule has 1 heterocycles. The van der Waals surface area contributed by atoms with Gasteiger partial charge in [0.1, 0.15) is 0 Å². The number of non-ortho nitro benzene ring substituents is 1. The average Bonchev–Trinajstić information content (AvgIpc) is 3.15. The van der Waals surface area contributed by atoms with E-state index in [9.17, 15) is 20.2 Å². The molecule has 2 aliphatic rings. The van der Waals surface area contributed by atoms with Gasteiger partial charge in [0.15, 0.2) is 0 Å². The minimum atomic E-state index is -0.432. The van der Waals surface area contributed by atoms with Crippen LogP contribution in [0.4, 0.5) is 17.1 Å². The van der Waals surface area contributed by atoms with Crippen molar-refractivity contribution in [2.45, 2.75) is 33.9 Å². The predicted octanol–water partition coefficient (Wildman–Crippen LogP) is 7.85. The lowest BCUT2D eigenvalue weighted by Gasteiger charge is -2.39. The fraction of sp³-hybridized carbons (Fsp3) is 0.250. The van der Waals surface area contributed by atoms with Gasteiger partial charge in [-0.1, -0.05) is 47.5 Å². The number of nitro groups is 2. The quantitative estimate of drug-likeness (QED) is 0.197. The standard InChI is InChI=1S/C24H18Cl3N3O4S/c25-13-9-15-21-16(11-20(22(21)27)35-19-4-2-1-3-18(19)30(33)34)23(28-24(15)17(26)10-13)12-5-7-14(8-6-12)29(31)32/h1-10,16,20-23,28H,11H2/t16-,20-,21+,22-,23+/m1/s1. The van der Waals surface area contributed by atoms with Crippen molar-refractivity contribution in [3.05, 3.63) is 102 Å². The summed E-state index contributed by atoms with van der Waals surface area (Å²) in [5.41, 5.74) is 2.59. The molecule has 35 heavy (non-hydrogen) atoms. The number of hydrogen-bond acceptors (Lipinski definition) is 6. The minimum Gasteiger partial charge on any atom is -0.376 e. The molecule has 1 aliphatic carbocycles. The second-order valence-corrected chi connectivity index (χ2v) is 11.2. The van der Waals surface area contributed by atoms with Gasteiger partial charge in [-0.15, -0.1) is 23.4 Å². The number of nitrogens with zero attached hydrogens (tertiary/aromatic N) is 2. The van der Waals surface area contributed by atoms with E-state index in [2.05, 4.69) is 5.32 Å². The highest BCUT2D eigenvalue weighted by molar-refractivity contribution is 8.00. The Labute approximate surface area is 220 Å². The zero-order chi connectivity index (χ0) is 24.9. The van der Waals surface area contributed by atoms with E-state index >= 15 is 0 Å². The normalized spacial score (nSPS) is 24.8. The van der Waals surface area contributed by atoms with Gasteiger partial charge in [0.05, 0.1) is 36.9 Å². The monoisotopic (exact) mass is 549 g/mol. The Morgan fingerprint density at radius 2 is 1.69 bits per heavy atom. The summed E-state index contributed by atoms with van der Waals surface area (Å²) in [5.74, 6) is -0.106. The first kappa shape index (κ1) is 24.2. The molecule has 3 aromatic rings. The third-order valence-corrected chi connectivity index (χ3v) is 9.27. The molecule has 0 aromatic heterocycles. The number of nitrogens with one attached hydrogen (secondary N) is 1. The van der Waals surface area contributed by atoms with Gasteiger partial charge >= 0.3 is 0 Å². The second-order valence-electron chi connectivity index (χ2n) is 8.57. The maximum absolute atomic E-state index is 11.6. The van der Waals surface area contributed by atoms with Crippen LogP contribution in [0, 0.1) is 26.1 Å². The van der Waals surface area contributed by atoms with Crippen LogP contribution in [0.3, 0.4) is 0 Å². The molecule has 1 fully saturated rings. The SMILES string of the molecule is O=[N+]([O-])c1ccc([C@@H]2Nc3c(Cl)cc(Cl)cc3[C@@H]3[C@H](Cl)[C@H](Sc4ccccc4[N+](=O)[O-])C[C@H]32)cc1. The third-order valence-electron chi connectivity index (χ3n) is 6.64. The molecule has 0 amide bonds. The first-order valence-corrected chi connectivity index (χ1v) is 12.9. The Morgan fingerprint density at radius 3 is 2.37 bits per heavy atom. The van der Waals surface area contributed by atoms with Crippen molar-refractivity contribution < 1.29 is 9.85 Å². The van der Waals surface area contributed by atoms with Crippen molar-refractivity contribution in [2.75, 3.05) is 5.32 Å². The van der Waals surface area contributed by atoms with Crippen molar-refractivity contribution >= 4 is 63.6 Å². The summed E-state index contributed by atoms with van der Waals surface area (Å²) >= 11 is 21.4. The molecule has 0 spiro atoms. The van der Waals surface area contributed by atoms with Crippen LogP contribution in [-0.2, 0) is 0 Å². The average molecular weight is 551 g/mol. The highest BCUT2D eigenvalue weighted by Gasteiger charge is 2.51. The highest BCUT2D eigenvalue weighted by Crippen LogP contribution is 2.59. The number of fused-ring (bicyclic) bond motifs is 3. The number of thioether (sulfide) groups is 1. The molecule has 0 unspecified atom stereocenters. The molecule has 0 bridgehead atoms. The van der Waals surface area contributed by atoms with Crippen molar-refractivity contribution in [3.63, 3.8) is 0 Å². The van der Waals surface area contributed by atoms with E-state index in [1.807, 2.05) is 6.07 Å². The van der Waals surface area contributed by atoms with Crippen LogP contribution in [0.2, 0.25) is 10.0 Å². The Bertz CT molecular complexity index is 1320. The number of benzene rings is 3. The van der Waals surface area contributed by atoms with Crippen LogP contribution < -0.4 is 5.32 Å². The summed E-state index contributed by atoms with van der Waals surface area (Å²) in [6.45, 7) is 0. The van der Waals surface area contributed by atoms with Crippen LogP contribution in [0.1, 0.15) is 29.5 Å². The number of halogens is 3. The molecule has 180 valence electrons. The van der Waals surface area contributed by atoms with Gasteiger partial charge in [0.25, 0.3) is 11.4 Å². The Kier molecular flexibility index (Phi) is 6.57. The van der Waals surface area contributed by atoms with Crippen molar-refractivity contribution in [1.82, 2.24) is 0 Å². The third kappa shape index (κ3) is 4.44. The number of hydrogen-bond donors (Lipinski definition) is 1. The van der Waals surface area contributed by atoms with E-state index in [4.69, 9.17) is 34.8 Å². The van der Waals surface area contributed by atoms with Crippen molar-refractivity contribution in [1.29, 1.82) is 0 Å². The lowest BCUT2D eigenvalue weighted by atomic mass is 9.77. The highest BCUT2D eigenvalue weighted by atomic mass is 35.5. The van der Waals surface area contributed by atoms with E-state index < -0.39 is 4.92 Å². The largest absolute Gasteiger partial charge is 0.376 e. The zero-order valence-electron chi connectivity index (χ0n) is 17.9. The summed E-state index contributed by atoms with van der Waals surface area (Å²) in [6, 6.07) is 16.4. The van der Waals surface area contributed by atoms with Gasteiger partial charge in [-0.25, -0.2) is 0 Å². The maximum Gasteiger partial charge on any atom is 0.282 e. The Hall–Kier alpha value is -2.52. The van der Waals surface area contributed by atoms with Crippen molar-refractivity contribution in [3.8, 4) is 0 Å². The fourth-order valence-electron chi connectivity index (χ4n) is 5.15. The second kappa shape index (κ2) is 9.50. The maximum atomic E-state index is 11.6. The number of para-hydroxylation sites is 1. The molecule has 1 N–H and O–H groups in total. The van der Waals surface area contributed by atoms with Crippen LogP contribution in [0.15, 0.2) is 65.6 Å². The summed E-state index contributed by atoms with van der Waals surface area (Å²) in [4.78, 5) is 22.4. The van der Waals surface area contributed by atoms with E-state index in [0.29, 0.717) is 21.4 Å². The van der Waals surface area contributed by atoms with Gasteiger partial charge in [-0.2, -0.15) is 0 Å². The lowest BCUT2D eigenvalue weighted by molar-refractivity contribution is -0.387. The van der Waals surface area contributed by atoms with Crippen LogP contribution >= 0.6 is 46.6 Å². The number of nitro benzene ring substituents is 2. The van der Waals surface area contributed by atoms with Gasteiger partial charge < -0.3 is 5.32 Å². The van der Waals surface area contributed by atoms with Crippen molar-refractivity contribution in [2.24, 2.45) is 5.92 Å². The molecule has 1 aliphatic heterocycles. The van der Waals surface area contributed by atoms with Gasteiger partial charge in [0.2, 0.25) is 0 Å². The van der Waals surface area contributed by atoms with E-state index in [1.165, 1.54) is 30.0 Å². The van der Waals surface area contributed by atoms with Gasteiger partial charge in [-0.05, 0) is 41.7 Å². The van der Waals surface area contributed by atoms with Crippen LogP contribution in [-0.4, -0.2) is 20.5 Å². The van der Waals surface area contributed by atoms with E-state index in [-0.39, 0.29) is 44.8 Å². The molecule has 7 nitrogen and oxygen atoms in total. The molecule has 0 saturated heterocycles. The Morgan fingerprint density at radius 1 is 0.971 bits per heavy atom. The lowest BCUT2D eigenvalue weighted by Crippen LogP contribution is -2.31. The molecule has 5 atom stereocenters. The van der Waals surface area contributed by atoms with E-state index in [0.717, 1.165) is 16.8 Å². The minimum absolute atomic E-state index is 0.0118. The topological polar surface area (TPSA) is 98.3 Å². The first-order valence-electron chi connectivity index (χ1n) is 10.8. The first-order chi connectivity index (χ1) is 16.7. The fourth-order valence-corrected chi connectivity index (χ4v) is 7.65. The van der Waals surface area contributed by atoms with E-state index in [1.54, 1.807) is 36.4 Å². The summed E-state index contributed by atoms with van der Waals surface area (Å²) in [7, 11) is 0. The molecule has 5 rings (SSSR count). The number of alkyl halides is 1. The number of anilines is 1. The molecule has 11 heteroatoms. The Balaban J connectivity index is 1.55. The predicted molar refractivity (Wildman–Crippen MR) is 139 cm³/mol. The molecule has 0 radical (unpaired) electrons. The summed E-state index contributed by atoms with van der Waals surface area (Å²) < 4.78 is 0. The summed E-state index contributed by atoms with van der Waals surface area (Å²) in [6.07, 6.45) is 0.674. The molecular weight excluding hydrogens is 533 g/mol.